The summed E-state index contributed by atoms with van der Waals surface area (Å²) < 4.78 is 0. The topological polar surface area (TPSA) is 82.3 Å². The number of hydrogen-bond acceptors (Lipinski definition) is 3. The Bertz CT molecular complexity index is 477. The monoisotopic (exact) mass is 294 g/mol. The predicted octanol–water partition coefficient (Wildman–Crippen LogP) is 0.207. The minimum absolute atomic E-state index is 0.101. The molecule has 0 saturated heterocycles. The van der Waals surface area contributed by atoms with Gasteiger partial charge in [-0.05, 0) is 31.6 Å². The molecule has 0 aliphatic carbocycles. The second kappa shape index (κ2) is 8.11. The average molecular weight is 294 g/mol. The number of thiocarbonyl (C=S) groups is 1. The van der Waals surface area contributed by atoms with Crippen LogP contribution in [0.1, 0.15) is 19.4 Å². The number of benzene rings is 1. The molecule has 108 valence electrons. The summed E-state index contributed by atoms with van der Waals surface area (Å²) in [5.41, 5.74) is 5.74. The summed E-state index contributed by atoms with van der Waals surface area (Å²) >= 11 is 4.98. The van der Waals surface area contributed by atoms with Crippen molar-refractivity contribution in [1.82, 2.24) is 21.5 Å². The summed E-state index contributed by atoms with van der Waals surface area (Å²) in [5, 5.41) is 5.61. The second-order valence-corrected chi connectivity index (χ2v) is 4.78. The van der Waals surface area contributed by atoms with Crippen molar-refractivity contribution in [1.29, 1.82) is 0 Å². The summed E-state index contributed by atoms with van der Waals surface area (Å²) in [5.74, 6) is -1.50. The third-order valence-electron chi connectivity index (χ3n) is 2.21. The lowest BCUT2D eigenvalue weighted by molar-refractivity contribution is -0.139. The Kier molecular flexibility index (Phi) is 6.45. The summed E-state index contributed by atoms with van der Waals surface area (Å²) in [7, 11) is 0. The van der Waals surface area contributed by atoms with Crippen LogP contribution in [0.3, 0.4) is 0 Å². The van der Waals surface area contributed by atoms with E-state index in [0.29, 0.717) is 6.54 Å². The molecule has 0 aromatic heterocycles. The van der Waals surface area contributed by atoms with E-state index in [1.54, 1.807) is 13.8 Å². The van der Waals surface area contributed by atoms with Crippen LogP contribution in [0.4, 0.5) is 0 Å². The van der Waals surface area contributed by atoms with E-state index in [-0.39, 0.29) is 11.2 Å². The molecule has 4 N–H and O–H groups in total. The van der Waals surface area contributed by atoms with E-state index in [4.69, 9.17) is 12.2 Å². The van der Waals surface area contributed by atoms with Gasteiger partial charge in [0.2, 0.25) is 0 Å². The number of carbonyl (C=O) groups is 2. The van der Waals surface area contributed by atoms with Gasteiger partial charge >= 0.3 is 11.8 Å². The summed E-state index contributed by atoms with van der Waals surface area (Å²) in [6, 6.07) is 9.57. The maximum absolute atomic E-state index is 11.4. The fourth-order valence-corrected chi connectivity index (χ4v) is 1.44. The Morgan fingerprint density at radius 2 is 1.75 bits per heavy atom. The van der Waals surface area contributed by atoms with Crippen LogP contribution < -0.4 is 21.5 Å². The molecule has 1 aromatic rings. The molecule has 0 spiro atoms. The van der Waals surface area contributed by atoms with Crippen LogP contribution >= 0.6 is 12.2 Å². The van der Waals surface area contributed by atoms with E-state index in [1.165, 1.54) is 0 Å². The van der Waals surface area contributed by atoms with Crippen molar-refractivity contribution in [2.24, 2.45) is 0 Å². The van der Waals surface area contributed by atoms with Gasteiger partial charge in [-0.3, -0.25) is 20.4 Å². The zero-order valence-electron chi connectivity index (χ0n) is 11.4. The molecule has 0 radical (unpaired) electrons. The normalized spacial score (nSPS) is 9.75. The van der Waals surface area contributed by atoms with Gasteiger partial charge in [-0.15, -0.1) is 0 Å². The third kappa shape index (κ3) is 6.14. The standard InChI is InChI=1S/C13H18N4O2S/c1-9(2)15-11(18)12(19)16-17-13(20)14-8-10-6-4-3-5-7-10/h3-7,9H,8H2,1-2H3,(H,15,18)(H,16,19)(H2,14,17,20). The maximum Gasteiger partial charge on any atom is 0.327 e. The molecule has 0 atom stereocenters. The first-order chi connectivity index (χ1) is 9.49. The fraction of sp³-hybridized carbons (Fsp3) is 0.308. The molecule has 0 unspecified atom stereocenters. The fourth-order valence-electron chi connectivity index (χ4n) is 1.32. The molecule has 1 rings (SSSR count). The summed E-state index contributed by atoms with van der Waals surface area (Å²) in [6.45, 7) is 4.07. The van der Waals surface area contributed by atoms with Gasteiger partial charge in [0.25, 0.3) is 0 Å². The summed E-state index contributed by atoms with van der Waals surface area (Å²) in [6.07, 6.45) is 0. The van der Waals surface area contributed by atoms with Crippen LogP contribution in [-0.4, -0.2) is 23.0 Å². The molecule has 0 heterocycles. The van der Waals surface area contributed by atoms with Crippen LogP contribution in [0.2, 0.25) is 0 Å². The first-order valence-corrected chi connectivity index (χ1v) is 6.58. The quantitative estimate of drug-likeness (QED) is 0.364. The number of nitrogens with one attached hydrogen (secondary N) is 4. The first kappa shape index (κ1) is 15.9. The Labute approximate surface area is 123 Å². The van der Waals surface area contributed by atoms with Crippen LogP contribution in [0.15, 0.2) is 30.3 Å². The van der Waals surface area contributed by atoms with Crippen molar-refractivity contribution in [3.05, 3.63) is 35.9 Å². The Morgan fingerprint density at radius 1 is 1.10 bits per heavy atom. The third-order valence-corrected chi connectivity index (χ3v) is 2.46. The first-order valence-electron chi connectivity index (χ1n) is 6.17. The van der Waals surface area contributed by atoms with Gasteiger partial charge in [0.1, 0.15) is 0 Å². The number of hydrogen-bond donors (Lipinski definition) is 4. The molecular formula is C13H18N4O2S. The Hall–Kier alpha value is -2.15. The lowest BCUT2D eigenvalue weighted by Gasteiger charge is -2.12. The van der Waals surface area contributed by atoms with Gasteiger partial charge in [0.05, 0.1) is 0 Å². The van der Waals surface area contributed by atoms with Crippen molar-refractivity contribution in [3.63, 3.8) is 0 Å². The van der Waals surface area contributed by atoms with Crippen molar-refractivity contribution in [3.8, 4) is 0 Å². The molecule has 7 heteroatoms. The van der Waals surface area contributed by atoms with Crippen molar-refractivity contribution in [2.75, 3.05) is 0 Å². The van der Waals surface area contributed by atoms with E-state index in [2.05, 4.69) is 21.5 Å². The van der Waals surface area contributed by atoms with Gasteiger partial charge in [0, 0.05) is 12.6 Å². The number of amides is 2. The molecule has 0 aliphatic heterocycles. The molecule has 0 aliphatic rings. The molecular weight excluding hydrogens is 276 g/mol. The van der Waals surface area contributed by atoms with Crippen molar-refractivity contribution in [2.45, 2.75) is 26.4 Å². The molecule has 0 bridgehead atoms. The molecule has 1 aromatic carbocycles. The summed E-state index contributed by atoms with van der Waals surface area (Å²) in [4.78, 5) is 22.7. The molecule has 0 saturated carbocycles. The smallest absolute Gasteiger partial charge is 0.327 e. The second-order valence-electron chi connectivity index (χ2n) is 4.38. The zero-order chi connectivity index (χ0) is 15.0. The van der Waals surface area contributed by atoms with E-state index in [0.717, 1.165) is 5.56 Å². The number of rotatable bonds is 3. The molecule has 2 amide bonds. The SMILES string of the molecule is CC(C)NC(=O)C(=O)NNC(=S)NCc1ccccc1. The molecule has 20 heavy (non-hydrogen) atoms. The predicted molar refractivity (Wildman–Crippen MR) is 80.4 cm³/mol. The van der Waals surface area contributed by atoms with Crippen molar-refractivity contribution >= 4 is 29.1 Å². The number of hydrazine groups is 1. The van der Waals surface area contributed by atoms with Gasteiger partial charge in [0.15, 0.2) is 5.11 Å². The van der Waals surface area contributed by atoms with E-state index >= 15 is 0 Å². The van der Waals surface area contributed by atoms with E-state index < -0.39 is 11.8 Å². The van der Waals surface area contributed by atoms with Gasteiger partial charge in [-0.2, -0.15) is 0 Å². The Balaban J connectivity index is 2.26. The minimum atomic E-state index is -0.789. The van der Waals surface area contributed by atoms with Gasteiger partial charge in [-0.1, -0.05) is 30.3 Å². The van der Waals surface area contributed by atoms with Gasteiger partial charge < -0.3 is 10.6 Å². The Morgan fingerprint density at radius 3 is 2.35 bits per heavy atom. The minimum Gasteiger partial charge on any atom is -0.357 e. The highest BCUT2D eigenvalue weighted by molar-refractivity contribution is 7.80. The van der Waals surface area contributed by atoms with E-state index in [9.17, 15) is 9.59 Å². The highest BCUT2D eigenvalue weighted by atomic mass is 32.1. The maximum atomic E-state index is 11.4. The van der Waals surface area contributed by atoms with Gasteiger partial charge in [-0.25, -0.2) is 0 Å². The van der Waals surface area contributed by atoms with Crippen LogP contribution in [-0.2, 0) is 16.1 Å². The highest BCUT2D eigenvalue weighted by Crippen LogP contribution is 1.96. The van der Waals surface area contributed by atoms with Crippen LogP contribution in [0.25, 0.3) is 0 Å². The van der Waals surface area contributed by atoms with E-state index in [1.807, 2.05) is 30.3 Å². The van der Waals surface area contributed by atoms with Crippen LogP contribution in [0, 0.1) is 0 Å². The zero-order valence-corrected chi connectivity index (χ0v) is 12.2. The largest absolute Gasteiger partial charge is 0.357 e. The highest BCUT2D eigenvalue weighted by Gasteiger charge is 2.13. The molecule has 6 nitrogen and oxygen atoms in total. The lowest BCUT2D eigenvalue weighted by Crippen LogP contribution is -2.52. The van der Waals surface area contributed by atoms with Crippen molar-refractivity contribution < 1.29 is 9.59 Å². The molecule has 0 fully saturated rings. The average Bonchev–Trinajstić information content (AvgIpc) is 2.42. The van der Waals surface area contributed by atoms with Crippen LogP contribution in [0.5, 0.6) is 0 Å². The number of carbonyl (C=O) groups excluding carboxylic acids is 2. The lowest BCUT2D eigenvalue weighted by atomic mass is 10.2.